The first-order valence-corrected chi connectivity index (χ1v) is 8.18. The average molecular weight is 361 g/mol. The van der Waals surface area contributed by atoms with Gasteiger partial charge in [0.05, 0.1) is 6.04 Å². The van der Waals surface area contributed by atoms with E-state index in [0.717, 1.165) is 11.1 Å². The molecule has 1 saturated heterocycles. The van der Waals surface area contributed by atoms with Gasteiger partial charge in [-0.25, -0.2) is 4.79 Å². The summed E-state index contributed by atoms with van der Waals surface area (Å²) in [6.45, 7) is 0.399. The lowest BCUT2D eigenvalue weighted by Crippen LogP contribution is -2.42. The summed E-state index contributed by atoms with van der Waals surface area (Å²) < 4.78 is 0. The first-order valence-electron chi connectivity index (χ1n) is 7.80. The molecule has 2 aromatic carbocycles. The number of halogens is 1. The van der Waals surface area contributed by atoms with Crippen molar-refractivity contribution in [3.63, 3.8) is 0 Å². The molecule has 1 aliphatic rings. The van der Waals surface area contributed by atoms with Crippen molar-refractivity contribution >= 4 is 23.6 Å². The third kappa shape index (κ3) is 3.69. The zero-order chi connectivity index (χ0) is 18.0. The molecule has 0 radical (unpaired) electrons. The summed E-state index contributed by atoms with van der Waals surface area (Å²) in [5, 5.41) is 21.5. The molecule has 0 saturated carbocycles. The number of hydrogen-bond acceptors (Lipinski definition) is 3. The minimum atomic E-state index is -1.23. The van der Waals surface area contributed by atoms with E-state index in [9.17, 15) is 14.7 Å². The Balaban J connectivity index is 2.00. The van der Waals surface area contributed by atoms with Crippen LogP contribution in [-0.2, 0) is 4.79 Å². The predicted octanol–water partition coefficient (Wildman–Crippen LogP) is 3.00. The Morgan fingerprint density at radius 3 is 2.52 bits per heavy atom. The summed E-state index contributed by atoms with van der Waals surface area (Å²) >= 11 is 6.11. The van der Waals surface area contributed by atoms with Crippen molar-refractivity contribution in [2.24, 2.45) is 0 Å². The van der Waals surface area contributed by atoms with Gasteiger partial charge in [-0.2, -0.15) is 0 Å². The molecule has 0 aliphatic carbocycles. The van der Waals surface area contributed by atoms with Crippen LogP contribution in [0.3, 0.4) is 0 Å². The second-order valence-corrected chi connectivity index (χ2v) is 6.31. The fourth-order valence-electron chi connectivity index (χ4n) is 3.17. The second-order valence-electron chi connectivity index (χ2n) is 5.87. The number of rotatable bonds is 4. The first-order chi connectivity index (χ1) is 12.0. The van der Waals surface area contributed by atoms with Gasteiger partial charge in [0, 0.05) is 11.6 Å². The van der Waals surface area contributed by atoms with Crippen molar-refractivity contribution < 1.29 is 19.8 Å². The molecule has 2 atom stereocenters. The Morgan fingerprint density at radius 2 is 1.88 bits per heavy atom. The maximum absolute atomic E-state index is 12.7. The van der Waals surface area contributed by atoms with Crippen molar-refractivity contribution in [2.75, 3.05) is 6.54 Å². The van der Waals surface area contributed by atoms with E-state index in [1.54, 1.807) is 41.3 Å². The van der Waals surface area contributed by atoms with Gasteiger partial charge in [-0.1, -0.05) is 35.9 Å². The zero-order valence-electron chi connectivity index (χ0n) is 13.2. The molecule has 1 heterocycles. The van der Waals surface area contributed by atoms with E-state index in [1.807, 2.05) is 12.1 Å². The number of aromatic hydroxyl groups is 1. The lowest BCUT2D eigenvalue weighted by Gasteiger charge is -2.29. The van der Waals surface area contributed by atoms with Crippen LogP contribution >= 0.6 is 11.6 Å². The topological polar surface area (TPSA) is 89.9 Å². The number of benzene rings is 2. The standard InChI is InChI=1S/C18H17ClN2O4/c19-13-5-1-3-11(9-13)16(12-4-2-6-14(22)10-12)21-8-7-15(17(21)23)20-18(24)25/h1-6,9-10,15-16,20,22H,7-8H2,(H,24,25). The number of phenols is 1. The summed E-state index contributed by atoms with van der Waals surface area (Å²) in [5.41, 5.74) is 1.52. The van der Waals surface area contributed by atoms with E-state index in [4.69, 9.17) is 16.7 Å². The summed E-state index contributed by atoms with van der Waals surface area (Å²) in [7, 11) is 0. The van der Waals surface area contributed by atoms with Crippen molar-refractivity contribution in [1.82, 2.24) is 10.2 Å². The van der Waals surface area contributed by atoms with Crippen LogP contribution in [0.15, 0.2) is 48.5 Å². The van der Waals surface area contributed by atoms with Crippen molar-refractivity contribution in [1.29, 1.82) is 0 Å². The molecule has 0 bridgehead atoms. The molecular formula is C18H17ClN2O4. The highest BCUT2D eigenvalue weighted by Gasteiger charge is 2.38. The minimum Gasteiger partial charge on any atom is -0.508 e. The van der Waals surface area contributed by atoms with Gasteiger partial charge in [-0.3, -0.25) is 4.79 Å². The van der Waals surface area contributed by atoms with Gasteiger partial charge in [-0.15, -0.1) is 0 Å². The number of hydrogen-bond donors (Lipinski definition) is 3. The maximum Gasteiger partial charge on any atom is 0.405 e. The van der Waals surface area contributed by atoms with Gasteiger partial charge in [0.25, 0.3) is 0 Å². The molecule has 2 unspecified atom stereocenters. The number of carbonyl (C=O) groups excluding carboxylic acids is 1. The maximum atomic E-state index is 12.7. The van der Waals surface area contributed by atoms with Gasteiger partial charge >= 0.3 is 6.09 Å². The predicted molar refractivity (Wildman–Crippen MR) is 92.7 cm³/mol. The van der Waals surface area contributed by atoms with Crippen LogP contribution in [0.5, 0.6) is 5.75 Å². The molecule has 3 rings (SSSR count). The third-order valence-corrected chi connectivity index (χ3v) is 4.43. The SMILES string of the molecule is O=C(O)NC1CCN(C(c2cccc(O)c2)c2cccc(Cl)c2)C1=O. The number of carbonyl (C=O) groups is 2. The molecular weight excluding hydrogens is 344 g/mol. The fourth-order valence-corrected chi connectivity index (χ4v) is 3.36. The first kappa shape index (κ1) is 17.1. The van der Waals surface area contributed by atoms with Crippen molar-refractivity contribution in [3.05, 3.63) is 64.7 Å². The van der Waals surface area contributed by atoms with E-state index < -0.39 is 18.2 Å². The Labute approximate surface area is 149 Å². The number of nitrogens with zero attached hydrogens (tertiary/aromatic N) is 1. The van der Waals surface area contributed by atoms with Gasteiger partial charge in [0.15, 0.2) is 0 Å². The fraction of sp³-hybridized carbons (Fsp3) is 0.222. The lowest BCUT2D eigenvalue weighted by molar-refractivity contribution is -0.130. The van der Waals surface area contributed by atoms with E-state index in [-0.39, 0.29) is 11.7 Å². The van der Waals surface area contributed by atoms with E-state index in [1.165, 1.54) is 0 Å². The Hall–Kier alpha value is -2.73. The third-order valence-electron chi connectivity index (χ3n) is 4.20. The molecule has 2 amide bonds. The Bertz CT molecular complexity index is 766. The molecule has 25 heavy (non-hydrogen) atoms. The van der Waals surface area contributed by atoms with Crippen LogP contribution in [0.25, 0.3) is 0 Å². The molecule has 3 N–H and O–H groups in total. The van der Waals surface area contributed by atoms with Crippen LogP contribution < -0.4 is 5.32 Å². The molecule has 130 valence electrons. The monoisotopic (exact) mass is 360 g/mol. The number of nitrogens with one attached hydrogen (secondary N) is 1. The van der Waals surface area contributed by atoms with Crippen LogP contribution in [0.1, 0.15) is 23.6 Å². The van der Waals surface area contributed by atoms with Gasteiger partial charge in [0.2, 0.25) is 5.91 Å². The molecule has 0 aromatic heterocycles. The summed E-state index contributed by atoms with van der Waals surface area (Å²) in [5.74, 6) is -0.202. The lowest BCUT2D eigenvalue weighted by atomic mass is 9.97. The smallest absolute Gasteiger partial charge is 0.405 e. The van der Waals surface area contributed by atoms with Crippen LogP contribution in [-0.4, -0.2) is 39.7 Å². The molecule has 1 fully saturated rings. The largest absolute Gasteiger partial charge is 0.508 e. The van der Waals surface area contributed by atoms with Crippen LogP contribution in [0, 0.1) is 0 Å². The number of likely N-dealkylation sites (tertiary alicyclic amines) is 1. The summed E-state index contributed by atoms with van der Waals surface area (Å²) in [6, 6.07) is 12.6. The average Bonchev–Trinajstić information content (AvgIpc) is 2.89. The molecule has 2 aromatic rings. The summed E-state index contributed by atoms with van der Waals surface area (Å²) in [6.07, 6.45) is -0.835. The van der Waals surface area contributed by atoms with E-state index >= 15 is 0 Å². The molecule has 7 heteroatoms. The highest BCUT2D eigenvalue weighted by Crippen LogP contribution is 2.34. The molecule has 1 aliphatic heterocycles. The highest BCUT2D eigenvalue weighted by atomic mass is 35.5. The minimum absolute atomic E-state index is 0.0939. The van der Waals surface area contributed by atoms with Crippen molar-refractivity contribution in [2.45, 2.75) is 18.5 Å². The Kier molecular flexibility index (Phi) is 4.81. The molecule has 6 nitrogen and oxygen atoms in total. The van der Waals surface area contributed by atoms with Crippen LogP contribution in [0.4, 0.5) is 4.79 Å². The summed E-state index contributed by atoms with van der Waals surface area (Å²) in [4.78, 5) is 25.2. The highest BCUT2D eigenvalue weighted by molar-refractivity contribution is 6.30. The quantitative estimate of drug-likeness (QED) is 0.781. The number of carboxylic acid groups (broad SMARTS) is 1. The Morgan fingerprint density at radius 1 is 1.20 bits per heavy atom. The van der Waals surface area contributed by atoms with E-state index in [0.29, 0.717) is 18.0 Å². The zero-order valence-corrected chi connectivity index (χ0v) is 14.0. The van der Waals surface area contributed by atoms with Crippen molar-refractivity contribution in [3.8, 4) is 5.75 Å². The number of phenolic OH excluding ortho intramolecular Hbond substituents is 1. The molecule has 0 spiro atoms. The second kappa shape index (κ2) is 7.03. The number of amides is 2. The van der Waals surface area contributed by atoms with Gasteiger partial charge < -0.3 is 20.4 Å². The van der Waals surface area contributed by atoms with E-state index in [2.05, 4.69) is 5.32 Å². The normalized spacial score (nSPS) is 18.2. The van der Waals surface area contributed by atoms with Gasteiger partial charge in [-0.05, 0) is 41.8 Å². The van der Waals surface area contributed by atoms with Crippen LogP contribution in [0.2, 0.25) is 5.02 Å². The van der Waals surface area contributed by atoms with Gasteiger partial charge in [0.1, 0.15) is 11.8 Å².